The third kappa shape index (κ3) is 5.47. The SMILES string of the molecule is OCCCC1CCCN1CC(O)COc1ccc(Cl)cc1. The molecule has 118 valence electrons. The number of rotatable bonds is 8. The molecule has 5 heteroatoms. The Morgan fingerprint density at radius 3 is 2.81 bits per heavy atom. The second kappa shape index (κ2) is 8.59. The first kappa shape index (κ1) is 16.6. The van der Waals surface area contributed by atoms with Gasteiger partial charge in [-0.05, 0) is 56.5 Å². The lowest BCUT2D eigenvalue weighted by molar-refractivity contribution is 0.0617. The first-order valence-corrected chi connectivity index (χ1v) is 7.98. The van der Waals surface area contributed by atoms with E-state index in [2.05, 4.69) is 4.90 Å². The van der Waals surface area contributed by atoms with Gasteiger partial charge in [0.05, 0.1) is 0 Å². The van der Waals surface area contributed by atoms with Crippen molar-refractivity contribution in [2.45, 2.75) is 37.8 Å². The highest BCUT2D eigenvalue weighted by atomic mass is 35.5. The van der Waals surface area contributed by atoms with E-state index in [1.807, 2.05) is 0 Å². The molecule has 0 spiro atoms. The highest BCUT2D eigenvalue weighted by molar-refractivity contribution is 6.30. The van der Waals surface area contributed by atoms with Crippen LogP contribution >= 0.6 is 11.6 Å². The summed E-state index contributed by atoms with van der Waals surface area (Å²) in [4.78, 5) is 2.31. The van der Waals surface area contributed by atoms with Gasteiger partial charge in [0.1, 0.15) is 18.5 Å². The van der Waals surface area contributed by atoms with Crippen molar-refractivity contribution in [1.82, 2.24) is 4.90 Å². The molecule has 1 aromatic rings. The van der Waals surface area contributed by atoms with Gasteiger partial charge in [0.25, 0.3) is 0 Å². The fraction of sp³-hybridized carbons (Fsp3) is 0.625. The Bertz CT molecular complexity index is 412. The van der Waals surface area contributed by atoms with Gasteiger partial charge in [0, 0.05) is 24.2 Å². The molecule has 0 aliphatic carbocycles. The van der Waals surface area contributed by atoms with E-state index in [9.17, 15) is 5.11 Å². The highest BCUT2D eigenvalue weighted by Crippen LogP contribution is 2.21. The van der Waals surface area contributed by atoms with Crippen molar-refractivity contribution in [1.29, 1.82) is 0 Å². The van der Waals surface area contributed by atoms with E-state index < -0.39 is 6.10 Å². The molecule has 2 rings (SSSR count). The normalized spacial score (nSPS) is 20.6. The summed E-state index contributed by atoms with van der Waals surface area (Å²) in [5.74, 6) is 0.719. The molecule has 1 saturated heterocycles. The van der Waals surface area contributed by atoms with Crippen LogP contribution in [0, 0.1) is 0 Å². The molecule has 0 bridgehead atoms. The van der Waals surface area contributed by atoms with E-state index in [0.29, 0.717) is 17.6 Å². The lowest BCUT2D eigenvalue weighted by atomic mass is 10.1. The molecular weight excluding hydrogens is 290 g/mol. The molecule has 2 N–H and O–H groups in total. The Balaban J connectivity index is 1.73. The van der Waals surface area contributed by atoms with Gasteiger partial charge in [-0.2, -0.15) is 0 Å². The number of hydrogen-bond donors (Lipinski definition) is 2. The quantitative estimate of drug-likeness (QED) is 0.773. The second-order valence-electron chi connectivity index (χ2n) is 5.58. The number of hydrogen-bond acceptors (Lipinski definition) is 4. The molecule has 1 heterocycles. The van der Waals surface area contributed by atoms with Crippen LogP contribution in [0.25, 0.3) is 0 Å². The average molecular weight is 314 g/mol. The maximum absolute atomic E-state index is 10.1. The first-order valence-electron chi connectivity index (χ1n) is 7.60. The number of ether oxygens (including phenoxy) is 1. The van der Waals surface area contributed by atoms with Crippen molar-refractivity contribution in [3.8, 4) is 5.75 Å². The van der Waals surface area contributed by atoms with E-state index >= 15 is 0 Å². The molecule has 0 amide bonds. The Labute approximate surface area is 131 Å². The molecule has 1 fully saturated rings. The van der Waals surface area contributed by atoms with Gasteiger partial charge in [-0.3, -0.25) is 4.90 Å². The number of β-amino-alcohol motifs (C(OH)–C–C–N with tert-alkyl or cyclic N) is 1. The largest absolute Gasteiger partial charge is 0.491 e. The summed E-state index contributed by atoms with van der Waals surface area (Å²) in [5, 5.41) is 19.7. The number of likely N-dealkylation sites (tertiary alicyclic amines) is 1. The van der Waals surface area contributed by atoms with Crippen molar-refractivity contribution in [3.05, 3.63) is 29.3 Å². The van der Waals surface area contributed by atoms with Crippen LogP contribution in [0.4, 0.5) is 0 Å². The zero-order chi connectivity index (χ0) is 15.1. The summed E-state index contributed by atoms with van der Waals surface area (Å²) in [6.45, 7) is 2.18. The number of benzene rings is 1. The summed E-state index contributed by atoms with van der Waals surface area (Å²) >= 11 is 5.82. The molecule has 2 unspecified atom stereocenters. The average Bonchev–Trinajstić information content (AvgIpc) is 2.91. The fourth-order valence-corrected chi connectivity index (χ4v) is 2.96. The van der Waals surface area contributed by atoms with Crippen LogP contribution in [-0.4, -0.2) is 53.6 Å². The van der Waals surface area contributed by atoms with Crippen LogP contribution in [0.2, 0.25) is 5.02 Å². The standard InChI is InChI=1S/C16H24ClNO3/c17-13-5-7-16(8-6-13)21-12-15(20)11-18-9-1-3-14(18)4-2-10-19/h5-8,14-15,19-20H,1-4,9-12H2. The van der Waals surface area contributed by atoms with Gasteiger partial charge < -0.3 is 14.9 Å². The summed E-state index contributed by atoms with van der Waals surface area (Å²) in [6, 6.07) is 7.63. The van der Waals surface area contributed by atoms with Gasteiger partial charge in [0.15, 0.2) is 0 Å². The summed E-state index contributed by atoms with van der Waals surface area (Å²) in [7, 11) is 0. The van der Waals surface area contributed by atoms with Crippen molar-refractivity contribution in [2.24, 2.45) is 0 Å². The van der Waals surface area contributed by atoms with Crippen LogP contribution in [-0.2, 0) is 0 Å². The Morgan fingerprint density at radius 2 is 2.10 bits per heavy atom. The predicted octanol–water partition coefficient (Wildman–Crippen LogP) is 2.32. The Morgan fingerprint density at radius 1 is 1.33 bits per heavy atom. The monoisotopic (exact) mass is 313 g/mol. The molecular formula is C16H24ClNO3. The lowest BCUT2D eigenvalue weighted by Gasteiger charge is -2.26. The number of aliphatic hydroxyl groups excluding tert-OH is 2. The van der Waals surface area contributed by atoms with Crippen LogP contribution in [0.5, 0.6) is 5.75 Å². The highest BCUT2D eigenvalue weighted by Gasteiger charge is 2.25. The van der Waals surface area contributed by atoms with Gasteiger partial charge in [-0.1, -0.05) is 11.6 Å². The lowest BCUT2D eigenvalue weighted by Crippen LogP contribution is -2.38. The minimum Gasteiger partial charge on any atom is -0.491 e. The predicted molar refractivity (Wildman–Crippen MR) is 83.9 cm³/mol. The van der Waals surface area contributed by atoms with Crippen molar-refractivity contribution in [3.63, 3.8) is 0 Å². The topological polar surface area (TPSA) is 52.9 Å². The maximum Gasteiger partial charge on any atom is 0.119 e. The summed E-state index contributed by atoms with van der Waals surface area (Å²) < 4.78 is 5.57. The van der Waals surface area contributed by atoms with Crippen LogP contribution < -0.4 is 4.74 Å². The van der Waals surface area contributed by atoms with Gasteiger partial charge in [-0.25, -0.2) is 0 Å². The van der Waals surface area contributed by atoms with Gasteiger partial charge in [0.2, 0.25) is 0 Å². The molecule has 1 aliphatic rings. The third-order valence-corrected chi connectivity index (χ3v) is 4.15. The van der Waals surface area contributed by atoms with E-state index in [4.69, 9.17) is 21.4 Å². The number of halogens is 1. The summed E-state index contributed by atoms with van der Waals surface area (Å²) in [6.07, 6.45) is 3.65. The minimum absolute atomic E-state index is 0.243. The maximum atomic E-state index is 10.1. The van der Waals surface area contributed by atoms with Crippen molar-refractivity contribution in [2.75, 3.05) is 26.3 Å². The number of aliphatic hydroxyl groups is 2. The van der Waals surface area contributed by atoms with E-state index in [0.717, 1.165) is 31.6 Å². The van der Waals surface area contributed by atoms with E-state index in [-0.39, 0.29) is 13.2 Å². The molecule has 0 radical (unpaired) electrons. The Kier molecular flexibility index (Phi) is 6.77. The fourth-order valence-electron chi connectivity index (χ4n) is 2.84. The van der Waals surface area contributed by atoms with Crippen LogP contribution in [0.15, 0.2) is 24.3 Å². The molecule has 1 aliphatic heterocycles. The Hall–Kier alpha value is -0.810. The molecule has 0 saturated carbocycles. The van der Waals surface area contributed by atoms with Gasteiger partial charge >= 0.3 is 0 Å². The molecule has 21 heavy (non-hydrogen) atoms. The third-order valence-electron chi connectivity index (χ3n) is 3.90. The molecule has 2 atom stereocenters. The van der Waals surface area contributed by atoms with Crippen LogP contribution in [0.1, 0.15) is 25.7 Å². The molecule has 1 aromatic carbocycles. The van der Waals surface area contributed by atoms with Crippen molar-refractivity contribution >= 4 is 11.6 Å². The smallest absolute Gasteiger partial charge is 0.119 e. The molecule has 0 aromatic heterocycles. The van der Waals surface area contributed by atoms with Gasteiger partial charge in [-0.15, -0.1) is 0 Å². The number of nitrogens with zero attached hydrogens (tertiary/aromatic N) is 1. The first-order chi connectivity index (χ1) is 10.2. The van der Waals surface area contributed by atoms with Crippen LogP contribution in [0.3, 0.4) is 0 Å². The molecule has 4 nitrogen and oxygen atoms in total. The van der Waals surface area contributed by atoms with E-state index in [1.54, 1.807) is 24.3 Å². The summed E-state index contributed by atoms with van der Waals surface area (Å²) in [5.41, 5.74) is 0. The minimum atomic E-state index is -0.504. The zero-order valence-corrected chi connectivity index (χ0v) is 13.0. The van der Waals surface area contributed by atoms with Crippen molar-refractivity contribution < 1.29 is 14.9 Å². The second-order valence-corrected chi connectivity index (χ2v) is 6.01. The van der Waals surface area contributed by atoms with E-state index in [1.165, 1.54) is 6.42 Å². The zero-order valence-electron chi connectivity index (χ0n) is 12.2.